The average molecular weight is 291 g/mol. The maximum Gasteiger partial charge on any atom is 0.306 e. The number of carbonyl (C=O) groups is 1. The van der Waals surface area contributed by atoms with E-state index in [-0.39, 0.29) is 24.2 Å². The molecule has 0 amide bonds. The van der Waals surface area contributed by atoms with Crippen LogP contribution in [0.15, 0.2) is 29.8 Å². The van der Waals surface area contributed by atoms with Gasteiger partial charge in [-0.15, -0.1) is 0 Å². The van der Waals surface area contributed by atoms with Crippen LogP contribution in [0.4, 0.5) is 5.69 Å². The molecule has 0 aliphatic heterocycles. The minimum Gasteiger partial charge on any atom is -0.458 e. The number of carbonyl (C=O) groups excluding carboxylic acids is 1. The molecule has 5 heteroatoms. The molecule has 0 spiro atoms. The molecule has 0 saturated heterocycles. The maximum atomic E-state index is 11.7. The highest BCUT2D eigenvalue weighted by Gasteiger charge is 2.15. The first-order valence-electron chi connectivity index (χ1n) is 6.88. The van der Waals surface area contributed by atoms with E-state index in [1.54, 1.807) is 26.0 Å². The van der Waals surface area contributed by atoms with Gasteiger partial charge >= 0.3 is 5.97 Å². The van der Waals surface area contributed by atoms with Crippen LogP contribution in [0.1, 0.15) is 38.3 Å². The monoisotopic (exact) mass is 291 g/mol. The summed E-state index contributed by atoms with van der Waals surface area (Å²) in [5, 5.41) is 11.0. The fourth-order valence-electron chi connectivity index (χ4n) is 2.06. The third kappa shape index (κ3) is 5.77. The van der Waals surface area contributed by atoms with Gasteiger partial charge in [0.25, 0.3) is 5.69 Å². The molecule has 21 heavy (non-hydrogen) atoms. The number of rotatable bonds is 6. The molecule has 0 aromatic heterocycles. The van der Waals surface area contributed by atoms with Crippen LogP contribution < -0.4 is 0 Å². The molecule has 0 heterocycles. The summed E-state index contributed by atoms with van der Waals surface area (Å²) >= 11 is 0. The van der Waals surface area contributed by atoms with Gasteiger partial charge in [-0.05, 0) is 45.8 Å². The van der Waals surface area contributed by atoms with Crippen molar-refractivity contribution in [3.05, 3.63) is 51.1 Å². The van der Waals surface area contributed by atoms with E-state index in [9.17, 15) is 14.9 Å². The van der Waals surface area contributed by atoms with Gasteiger partial charge in [0.15, 0.2) is 0 Å². The Morgan fingerprint density at radius 3 is 2.67 bits per heavy atom. The van der Waals surface area contributed by atoms with Crippen molar-refractivity contribution >= 4 is 11.7 Å². The molecule has 0 bridgehead atoms. The average Bonchev–Trinajstić information content (AvgIpc) is 2.35. The number of aryl methyl sites for hydroxylation is 2. The normalized spacial score (nSPS) is 11.6. The van der Waals surface area contributed by atoms with Crippen LogP contribution in [0.2, 0.25) is 0 Å². The van der Waals surface area contributed by atoms with Crippen molar-refractivity contribution in [1.29, 1.82) is 0 Å². The second-order valence-electron chi connectivity index (χ2n) is 5.33. The first-order valence-corrected chi connectivity index (χ1v) is 6.88. The first-order chi connectivity index (χ1) is 9.79. The Labute approximate surface area is 124 Å². The predicted octanol–water partition coefficient (Wildman–Crippen LogP) is 3.73. The minimum atomic E-state index is -0.417. The molecule has 0 aliphatic carbocycles. The molecule has 0 radical (unpaired) electrons. The van der Waals surface area contributed by atoms with Crippen molar-refractivity contribution in [2.75, 3.05) is 0 Å². The van der Waals surface area contributed by atoms with Crippen LogP contribution in [0.25, 0.3) is 0 Å². The van der Waals surface area contributed by atoms with Crippen molar-refractivity contribution < 1.29 is 14.5 Å². The summed E-state index contributed by atoms with van der Waals surface area (Å²) in [6.45, 7) is 7.45. The lowest BCUT2D eigenvalue weighted by atomic mass is 10.1. The van der Waals surface area contributed by atoms with Gasteiger partial charge in [-0.3, -0.25) is 14.9 Å². The quantitative estimate of drug-likeness (QED) is 0.346. The lowest BCUT2D eigenvalue weighted by Gasteiger charge is -2.10. The van der Waals surface area contributed by atoms with E-state index in [0.717, 1.165) is 11.1 Å². The molecule has 0 unspecified atom stereocenters. The molecular weight excluding hydrogens is 270 g/mol. The van der Waals surface area contributed by atoms with Gasteiger partial charge in [0.2, 0.25) is 0 Å². The number of esters is 1. The van der Waals surface area contributed by atoms with Crippen LogP contribution >= 0.6 is 0 Å². The van der Waals surface area contributed by atoms with E-state index in [4.69, 9.17) is 4.74 Å². The fourth-order valence-corrected chi connectivity index (χ4v) is 2.06. The van der Waals surface area contributed by atoms with Crippen LogP contribution in [0.5, 0.6) is 0 Å². The van der Waals surface area contributed by atoms with Crippen LogP contribution in [0.3, 0.4) is 0 Å². The Hall–Kier alpha value is -2.17. The Morgan fingerprint density at radius 1 is 1.43 bits per heavy atom. The third-order valence-electron chi connectivity index (χ3n) is 2.92. The van der Waals surface area contributed by atoms with Crippen molar-refractivity contribution in [1.82, 2.24) is 0 Å². The highest BCUT2D eigenvalue weighted by Crippen LogP contribution is 2.21. The van der Waals surface area contributed by atoms with Crippen molar-refractivity contribution in [3.63, 3.8) is 0 Å². The van der Waals surface area contributed by atoms with Gasteiger partial charge in [0, 0.05) is 18.1 Å². The second kappa shape index (κ2) is 7.57. The zero-order chi connectivity index (χ0) is 16.0. The number of ether oxygens (including phenoxy) is 1. The summed E-state index contributed by atoms with van der Waals surface area (Å²) in [7, 11) is 0. The summed E-state index contributed by atoms with van der Waals surface area (Å²) in [4.78, 5) is 22.3. The van der Waals surface area contributed by atoms with E-state index in [1.807, 2.05) is 19.9 Å². The van der Waals surface area contributed by atoms with Gasteiger partial charge in [-0.1, -0.05) is 17.7 Å². The highest BCUT2D eigenvalue weighted by molar-refractivity contribution is 5.70. The third-order valence-corrected chi connectivity index (χ3v) is 2.92. The van der Waals surface area contributed by atoms with E-state index in [2.05, 4.69) is 0 Å². The summed E-state index contributed by atoms with van der Waals surface area (Å²) in [6, 6.07) is 5.02. The molecule has 0 aliphatic rings. The highest BCUT2D eigenvalue weighted by atomic mass is 16.6. The van der Waals surface area contributed by atoms with Gasteiger partial charge in [-0.25, -0.2) is 0 Å². The van der Waals surface area contributed by atoms with E-state index < -0.39 is 4.92 Å². The first kappa shape index (κ1) is 16.9. The van der Waals surface area contributed by atoms with E-state index in [0.29, 0.717) is 12.0 Å². The lowest BCUT2D eigenvalue weighted by Crippen LogP contribution is -2.13. The Morgan fingerprint density at radius 2 is 2.10 bits per heavy atom. The molecule has 1 rings (SSSR count). The summed E-state index contributed by atoms with van der Waals surface area (Å²) < 4.78 is 5.22. The van der Waals surface area contributed by atoms with Crippen LogP contribution in [-0.4, -0.2) is 17.0 Å². The van der Waals surface area contributed by atoms with Crippen molar-refractivity contribution in [2.45, 2.75) is 46.6 Å². The standard InChI is InChI=1S/C16H21NO4/c1-11(2)9-13(4)21-16(18)8-7-14-6-5-12(3)10-15(14)17(19)20/h5-6,9-10,13H,7-8H2,1-4H3/t13-/m1/s1. The SMILES string of the molecule is CC(C)=C[C@@H](C)OC(=O)CCc1ccc(C)cc1[N+](=O)[O-]. The van der Waals surface area contributed by atoms with Crippen LogP contribution in [-0.2, 0) is 16.0 Å². The van der Waals surface area contributed by atoms with Crippen LogP contribution in [0, 0.1) is 17.0 Å². The molecule has 0 N–H and O–H groups in total. The smallest absolute Gasteiger partial charge is 0.306 e. The number of nitro benzene ring substituents is 1. The minimum absolute atomic E-state index is 0.0557. The molecular formula is C16H21NO4. The molecule has 5 nitrogen and oxygen atoms in total. The summed E-state index contributed by atoms with van der Waals surface area (Å²) in [5.74, 6) is -0.352. The number of nitro groups is 1. The number of nitrogens with zero attached hydrogens (tertiary/aromatic N) is 1. The fraction of sp³-hybridized carbons (Fsp3) is 0.438. The van der Waals surface area contributed by atoms with Gasteiger partial charge in [0.1, 0.15) is 6.10 Å². The zero-order valence-corrected chi connectivity index (χ0v) is 12.9. The molecule has 0 saturated carbocycles. The molecule has 1 aromatic rings. The number of allylic oxidation sites excluding steroid dienone is 1. The predicted molar refractivity (Wildman–Crippen MR) is 81.1 cm³/mol. The Balaban J connectivity index is 2.65. The van der Waals surface area contributed by atoms with Gasteiger partial charge in [0.05, 0.1) is 4.92 Å². The molecule has 1 aromatic carbocycles. The van der Waals surface area contributed by atoms with E-state index in [1.165, 1.54) is 6.07 Å². The topological polar surface area (TPSA) is 69.4 Å². The number of hydrogen-bond donors (Lipinski definition) is 0. The maximum absolute atomic E-state index is 11.7. The lowest BCUT2D eigenvalue weighted by molar-refractivity contribution is -0.385. The molecule has 1 atom stereocenters. The van der Waals surface area contributed by atoms with E-state index >= 15 is 0 Å². The largest absolute Gasteiger partial charge is 0.458 e. The zero-order valence-electron chi connectivity index (χ0n) is 12.9. The Kier molecular flexibility index (Phi) is 6.09. The number of benzene rings is 1. The van der Waals surface area contributed by atoms with Gasteiger partial charge < -0.3 is 4.74 Å². The van der Waals surface area contributed by atoms with Crippen molar-refractivity contribution in [3.8, 4) is 0 Å². The second-order valence-corrected chi connectivity index (χ2v) is 5.33. The molecule has 114 valence electrons. The van der Waals surface area contributed by atoms with Crippen molar-refractivity contribution in [2.24, 2.45) is 0 Å². The molecule has 0 fully saturated rings. The summed E-state index contributed by atoms with van der Waals surface area (Å²) in [5.41, 5.74) is 2.51. The Bertz CT molecular complexity index is 559. The van der Waals surface area contributed by atoms with Gasteiger partial charge in [-0.2, -0.15) is 0 Å². The summed E-state index contributed by atoms with van der Waals surface area (Å²) in [6.07, 6.45) is 2.00. The number of hydrogen-bond acceptors (Lipinski definition) is 4.